The number of nitrogens with zero attached hydrogens (tertiary/aromatic N) is 1. The van der Waals surface area contributed by atoms with Crippen LogP contribution < -0.4 is 5.32 Å². The molecule has 0 saturated heterocycles. The first-order valence-electron chi connectivity index (χ1n) is 6.59. The van der Waals surface area contributed by atoms with E-state index in [4.69, 9.17) is 11.6 Å². The summed E-state index contributed by atoms with van der Waals surface area (Å²) in [5, 5.41) is 13.0. The number of carbonyl (C=O) groups is 1. The topological polar surface area (TPSA) is 62.2 Å². The fourth-order valence-corrected chi connectivity index (χ4v) is 2.68. The van der Waals surface area contributed by atoms with Crippen molar-refractivity contribution in [2.75, 3.05) is 6.61 Å². The lowest BCUT2D eigenvalue weighted by atomic mass is 9.77. The summed E-state index contributed by atoms with van der Waals surface area (Å²) in [6, 6.07) is 1.59. The molecule has 1 fully saturated rings. The van der Waals surface area contributed by atoms with E-state index in [0.29, 0.717) is 16.5 Å². The van der Waals surface area contributed by atoms with Crippen molar-refractivity contribution >= 4 is 17.5 Å². The van der Waals surface area contributed by atoms with E-state index in [1.54, 1.807) is 12.3 Å². The molecule has 1 aliphatic rings. The van der Waals surface area contributed by atoms with Gasteiger partial charge in [-0.25, -0.2) is 0 Å². The molecule has 1 aromatic rings. The first-order chi connectivity index (χ1) is 9.06. The van der Waals surface area contributed by atoms with Crippen molar-refractivity contribution in [2.45, 2.75) is 38.1 Å². The van der Waals surface area contributed by atoms with Crippen LogP contribution in [0, 0.1) is 5.92 Å². The molecule has 1 aliphatic carbocycles. The van der Waals surface area contributed by atoms with E-state index in [0.717, 1.165) is 25.7 Å². The van der Waals surface area contributed by atoms with E-state index < -0.39 is 5.54 Å². The Morgan fingerprint density at radius 3 is 2.84 bits per heavy atom. The number of aliphatic hydroxyl groups excluding tert-OH is 1. The van der Waals surface area contributed by atoms with Gasteiger partial charge in [0.25, 0.3) is 5.91 Å². The molecule has 0 aromatic carbocycles. The largest absolute Gasteiger partial charge is 0.394 e. The Morgan fingerprint density at radius 1 is 1.58 bits per heavy atom. The molecule has 2 rings (SSSR count). The number of aromatic nitrogens is 1. The molecule has 1 aromatic heterocycles. The lowest BCUT2D eigenvalue weighted by Gasteiger charge is -2.38. The standard InChI is InChI=1S/C14H19ClN2O2/c1-10-2-5-14(9-18,6-3-10)17-13(19)11-8-16-7-4-12(11)15/h4,7-8,10,18H,2-3,5-6,9H2,1H3,(H,17,19). The zero-order valence-corrected chi connectivity index (χ0v) is 11.8. The van der Waals surface area contributed by atoms with Gasteiger partial charge in [0.1, 0.15) is 0 Å². The minimum atomic E-state index is -0.511. The number of hydrogen-bond acceptors (Lipinski definition) is 3. The van der Waals surface area contributed by atoms with E-state index in [1.807, 2.05) is 0 Å². The number of nitrogens with one attached hydrogen (secondary N) is 1. The summed E-state index contributed by atoms with van der Waals surface area (Å²) in [6.07, 6.45) is 6.63. The number of carbonyl (C=O) groups excluding carboxylic acids is 1. The van der Waals surface area contributed by atoms with Gasteiger partial charge in [0.2, 0.25) is 0 Å². The molecule has 1 amide bonds. The summed E-state index contributed by atoms with van der Waals surface area (Å²) in [7, 11) is 0. The van der Waals surface area contributed by atoms with Crippen LogP contribution >= 0.6 is 11.6 Å². The fraction of sp³-hybridized carbons (Fsp3) is 0.571. The van der Waals surface area contributed by atoms with Crippen LogP contribution in [-0.4, -0.2) is 28.1 Å². The molecule has 1 saturated carbocycles. The van der Waals surface area contributed by atoms with Gasteiger partial charge in [-0.1, -0.05) is 18.5 Å². The van der Waals surface area contributed by atoms with Crippen LogP contribution in [0.5, 0.6) is 0 Å². The zero-order valence-electron chi connectivity index (χ0n) is 11.0. The first-order valence-corrected chi connectivity index (χ1v) is 6.97. The summed E-state index contributed by atoms with van der Waals surface area (Å²) in [5.74, 6) is 0.389. The first kappa shape index (κ1) is 14.3. The Kier molecular flexibility index (Phi) is 4.42. The van der Waals surface area contributed by atoms with Crippen LogP contribution in [0.1, 0.15) is 43.0 Å². The van der Waals surface area contributed by atoms with E-state index >= 15 is 0 Å². The average molecular weight is 283 g/mol. The lowest BCUT2D eigenvalue weighted by molar-refractivity contribution is 0.0717. The molecule has 19 heavy (non-hydrogen) atoms. The highest BCUT2D eigenvalue weighted by Crippen LogP contribution is 2.32. The lowest BCUT2D eigenvalue weighted by Crippen LogP contribution is -2.53. The maximum atomic E-state index is 12.2. The molecule has 104 valence electrons. The molecule has 5 heteroatoms. The van der Waals surface area contributed by atoms with E-state index in [2.05, 4.69) is 17.2 Å². The van der Waals surface area contributed by atoms with Gasteiger partial charge in [-0.2, -0.15) is 0 Å². The molecule has 2 N–H and O–H groups in total. The van der Waals surface area contributed by atoms with Crippen LogP contribution in [0.3, 0.4) is 0 Å². The third-order valence-corrected chi connectivity index (χ3v) is 4.25. The second-order valence-electron chi connectivity index (χ2n) is 5.43. The minimum Gasteiger partial charge on any atom is -0.394 e. The fourth-order valence-electron chi connectivity index (χ4n) is 2.49. The van der Waals surface area contributed by atoms with Gasteiger partial charge >= 0.3 is 0 Å². The molecular weight excluding hydrogens is 264 g/mol. The monoisotopic (exact) mass is 282 g/mol. The Hall–Kier alpha value is -1.13. The van der Waals surface area contributed by atoms with Crippen molar-refractivity contribution in [1.29, 1.82) is 0 Å². The quantitative estimate of drug-likeness (QED) is 0.895. The van der Waals surface area contributed by atoms with Crippen molar-refractivity contribution in [3.63, 3.8) is 0 Å². The smallest absolute Gasteiger partial charge is 0.254 e. The number of amides is 1. The highest BCUT2D eigenvalue weighted by Gasteiger charge is 2.35. The Balaban J connectivity index is 2.11. The number of hydrogen-bond donors (Lipinski definition) is 2. The molecule has 0 radical (unpaired) electrons. The van der Waals surface area contributed by atoms with Crippen molar-refractivity contribution in [3.05, 3.63) is 29.0 Å². The third kappa shape index (κ3) is 3.25. The zero-order chi connectivity index (χ0) is 13.9. The highest BCUT2D eigenvalue weighted by molar-refractivity contribution is 6.33. The van der Waals surface area contributed by atoms with Gasteiger partial charge in [-0.3, -0.25) is 9.78 Å². The maximum absolute atomic E-state index is 12.2. The predicted octanol–water partition coefficient (Wildman–Crippen LogP) is 2.41. The van der Waals surface area contributed by atoms with Gasteiger partial charge in [0.15, 0.2) is 0 Å². The van der Waals surface area contributed by atoms with Gasteiger partial charge in [0.05, 0.1) is 22.7 Å². The Morgan fingerprint density at radius 2 is 2.26 bits per heavy atom. The molecular formula is C14H19ClN2O2. The molecule has 0 bridgehead atoms. The van der Waals surface area contributed by atoms with E-state index in [-0.39, 0.29) is 12.5 Å². The van der Waals surface area contributed by atoms with Gasteiger partial charge < -0.3 is 10.4 Å². The second kappa shape index (κ2) is 5.88. The van der Waals surface area contributed by atoms with Crippen LogP contribution in [0.15, 0.2) is 18.5 Å². The van der Waals surface area contributed by atoms with Crippen LogP contribution in [0.25, 0.3) is 0 Å². The Bertz CT molecular complexity index is 457. The number of halogens is 1. The van der Waals surface area contributed by atoms with Crippen molar-refractivity contribution in [3.8, 4) is 0 Å². The van der Waals surface area contributed by atoms with E-state index in [9.17, 15) is 9.90 Å². The van der Waals surface area contributed by atoms with Crippen molar-refractivity contribution in [1.82, 2.24) is 10.3 Å². The maximum Gasteiger partial charge on any atom is 0.254 e. The van der Waals surface area contributed by atoms with Crippen LogP contribution in [0.4, 0.5) is 0 Å². The normalized spacial score (nSPS) is 27.0. The Labute approximate surface area is 118 Å². The van der Waals surface area contributed by atoms with Gasteiger partial charge in [0, 0.05) is 12.4 Å². The second-order valence-corrected chi connectivity index (χ2v) is 5.84. The molecule has 0 unspecified atom stereocenters. The third-order valence-electron chi connectivity index (χ3n) is 3.93. The van der Waals surface area contributed by atoms with Crippen molar-refractivity contribution in [2.24, 2.45) is 5.92 Å². The highest BCUT2D eigenvalue weighted by atomic mass is 35.5. The van der Waals surface area contributed by atoms with E-state index in [1.165, 1.54) is 6.20 Å². The summed E-state index contributed by atoms with van der Waals surface area (Å²) < 4.78 is 0. The van der Waals surface area contributed by atoms with Crippen LogP contribution in [-0.2, 0) is 0 Å². The number of pyridine rings is 1. The molecule has 0 spiro atoms. The number of aliphatic hydroxyl groups is 1. The summed E-state index contributed by atoms with van der Waals surface area (Å²) in [5.41, 5.74) is -0.154. The minimum absolute atomic E-state index is 0.0384. The molecule has 4 nitrogen and oxygen atoms in total. The molecule has 1 heterocycles. The summed E-state index contributed by atoms with van der Waals surface area (Å²) >= 11 is 5.99. The summed E-state index contributed by atoms with van der Waals surface area (Å²) in [6.45, 7) is 2.16. The van der Waals surface area contributed by atoms with Crippen molar-refractivity contribution < 1.29 is 9.90 Å². The SMILES string of the molecule is CC1CCC(CO)(NC(=O)c2cnccc2Cl)CC1. The molecule has 0 atom stereocenters. The van der Waals surface area contributed by atoms with Gasteiger partial charge in [-0.05, 0) is 37.7 Å². The average Bonchev–Trinajstić information content (AvgIpc) is 2.42. The number of rotatable bonds is 3. The van der Waals surface area contributed by atoms with Crippen LogP contribution in [0.2, 0.25) is 5.02 Å². The predicted molar refractivity (Wildman–Crippen MR) is 74.2 cm³/mol. The summed E-state index contributed by atoms with van der Waals surface area (Å²) in [4.78, 5) is 16.1. The van der Waals surface area contributed by atoms with Gasteiger partial charge in [-0.15, -0.1) is 0 Å². The molecule has 0 aliphatic heterocycles.